The summed E-state index contributed by atoms with van der Waals surface area (Å²) in [5, 5.41) is 0. The molecule has 0 heterocycles. The topological polar surface area (TPSA) is 0 Å². The Labute approximate surface area is 79.8 Å². The van der Waals surface area contributed by atoms with Crippen molar-refractivity contribution in [3.05, 3.63) is 0 Å². The molecule has 0 N–H and O–H groups in total. The van der Waals surface area contributed by atoms with Crippen LogP contribution < -0.4 is 0 Å². The molecule has 0 spiro atoms. The van der Waals surface area contributed by atoms with Gasteiger partial charge in [-0.1, -0.05) is 0 Å². The second kappa shape index (κ2) is 27.1. The molecular weight excluding hydrogens is 480 g/mol. The van der Waals surface area contributed by atoms with Crippen LogP contribution in [0.25, 0.3) is 0 Å². The van der Waals surface area contributed by atoms with Crippen LogP contribution >= 0.6 is 0 Å². The van der Waals surface area contributed by atoms with E-state index in [4.69, 9.17) is 0 Å². The summed E-state index contributed by atoms with van der Waals surface area (Å²) in [6.45, 7) is 0. The van der Waals surface area contributed by atoms with Crippen LogP contribution in [-0.2, 0) is 0 Å². The quantitative estimate of drug-likeness (QED) is 0.323. The van der Waals surface area contributed by atoms with Crippen molar-refractivity contribution in [3.63, 3.8) is 0 Å². The van der Waals surface area contributed by atoms with Crippen LogP contribution in [0.15, 0.2) is 0 Å². The van der Waals surface area contributed by atoms with Crippen LogP contribution in [-0.4, -0.2) is 81.6 Å². The zero-order valence-corrected chi connectivity index (χ0v) is 13.5. The molecule has 0 atom stereocenters. The summed E-state index contributed by atoms with van der Waals surface area (Å²) >= 11 is 8.28. The molecule has 5 heavy (non-hydrogen) atoms. The summed E-state index contributed by atoms with van der Waals surface area (Å²) in [4.78, 5) is 0. The summed E-state index contributed by atoms with van der Waals surface area (Å²) in [5.74, 6) is 0. The normalized spacial score (nSPS) is 1.60. The predicted octanol–water partition coefficient (Wildman–Crippen LogP) is -2.97. The van der Waals surface area contributed by atoms with E-state index in [1.807, 2.05) is 0 Å². The molecule has 5 heteroatoms. The van der Waals surface area contributed by atoms with Gasteiger partial charge in [-0.2, -0.15) is 0 Å². The first-order valence-corrected chi connectivity index (χ1v) is 14.2. The first-order chi connectivity index (χ1) is 2.00. The molecule has 0 nitrogen and oxygen atoms in total. The molecule has 0 aliphatic carbocycles. The van der Waals surface area contributed by atoms with E-state index >= 15 is 0 Å². The number of hydrogen-bond acceptors (Lipinski definition) is 0. The average molecular weight is 484 g/mol. The molecule has 0 aliphatic heterocycles. The fourth-order valence-electron chi connectivity index (χ4n) is 0. The number of hydrogen-bond donors (Lipinski definition) is 0. The Balaban J connectivity index is -0.0000000133. The minimum absolute atomic E-state index is 0. The van der Waals surface area contributed by atoms with Crippen molar-refractivity contribution >= 4 is 81.6 Å². The van der Waals surface area contributed by atoms with Gasteiger partial charge in [0.2, 0.25) is 0 Å². The summed E-state index contributed by atoms with van der Waals surface area (Å²) < 4.78 is 0. The van der Waals surface area contributed by atoms with Gasteiger partial charge in [0.05, 0.1) is 0 Å². The Hall–Kier alpha value is 3.19. The molecular formula is H4Sb2Se3. The molecule has 0 aromatic heterocycles. The van der Waals surface area contributed by atoms with Crippen LogP contribution in [0.2, 0.25) is 0 Å². The molecule has 0 saturated carbocycles. The van der Waals surface area contributed by atoms with E-state index in [1.54, 1.807) is 0 Å². The van der Waals surface area contributed by atoms with Gasteiger partial charge in [-0.25, -0.2) is 0 Å². The third-order valence-corrected chi connectivity index (χ3v) is 0. The second-order valence-corrected chi connectivity index (χ2v) is 0. The van der Waals surface area contributed by atoms with Crippen LogP contribution in [0.1, 0.15) is 0 Å². The van der Waals surface area contributed by atoms with Crippen LogP contribution in [0.3, 0.4) is 0 Å². The van der Waals surface area contributed by atoms with E-state index < -0.39 is 0 Å². The summed E-state index contributed by atoms with van der Waals surface area (Å²) in [5.41, 5.74) is 0. The van der Waals surface area contributed by atoms with Gasteiger partial charge in [0.15, 0.2) is 0 Å². The van der Waals surface area contributed by atoms with Crippen molar-refractivity contribution < 1.29 is 0 Å². The van der Waals surface area contributed by atoms with Crippen molar-refractivity contribution in [2.45, 2.75) is 0 Å². The summed E-state index contributed by atoms with van der Waals surface area (Å²) in [6.07, 6.45) is 0. The zero-order valence-electron chi connectivity index (χ0n) is 2.32. The van der Waals surface area contributed by atoms with Gasteiger partial charge in [0.25, 0.3) is 0 Å². The van der Waals surface area contributed by atoms with Gasteiger partial charge >= 0.3 is 81.6 Å². The summed E-state index contributed by atoms with van der Waals surface area (Å²) in [6, 6.07) is 0. The molecule has 0 bridgehead atoms. The van der Waals surface area contributed by atoms with E-state index in [9.17, 15) is 0 Å². The standard InChI is InChI=1S/2Sb.H2Se.2Se.2H/h;;1H2;;;;. The molecule has 0 aromatic carbocycles. The SMILES string of the molecule is [SeH2].[Se]=[SbH].[Se]=[SbH]. The Kier molecular flexibility index (Phi) is 85.0. The molecule has 0 aliphatic rings. The molecule has 0 saturated heterocycles. The predicted molar refractivity (Wildman–Crippen MR) is 34.4 cm³/mol. The van der Waals surface area contributed by atoms with Gasteiger partial charge in [-0.3, -0.25) is 0 Å². The molecule has 0 aromatic rings. The fraction of sp³-hybridized carbons (Fsp3) is 0. The first kappa shape index (κ1) is 15.7. The van der Waals surface area contributed by atoms with Gasteiger partial charge in [-0.15, -0.1) is 0 Å². The third kappa shape index (κ3) is 19.0. The van der Waals surface area contributed by atoms with E-state index in [1.165, 1.54) is 40.3 Å². The summed E-state index contributed by atoms with van der Waals surface area (Å²) in [7, 11) is 0. The Morgan fingerprint density at radius 1 is 0.800 bits per heavy atom. The third-order valence-electron chi connectivity index (χ3n) is 0. The molecule has 0 radical (unpaired) electrons. The monoisotopic (exact) mass is 486 g/mol. The van der Waals surface area contributed by atoms with E-state index in [0.29, 0.717) is 0 Å². The molecule has 32 valence electrons. The van der Waals surface area contributed by atoms with Gasteiger partial charge in [-0.05, 0) is 0 Å². The number of rotatable bonds is 0. The maximum atomic E-state index is 2.72. The Morgan fingerprint density at radius 2 is 0.800 bits per heavy atom. The van der Waals surface area contributed by atoms with Gasteiger partial charge in [0, 0.05) is 0 Å². The van der Waals surface area contributed by atoms with Crippen molar-refractivity contribution in [1.29, 1.82) is 0 Å². The van der Waals surface area contributed by atoms with E-state index in [0.717, 1.165) is 0 Å². The fourth-order valence-corrected chi connectivity index (χ4v) is 0. The van der Waals surface area contributed by atoms with Crippen molar-refractivity contribution in [3.8, 4) is 0 Å². The van der Waals surface area contributed by atoms with Crippen molar-refractivity contribution in [2.75, 3.05) is 0 Å². The zero-order chi connectivity index (χ0) is 4.00. The Morgan fingerprint density at radius 3 is 0.800 bits per heavy atom. The molecule has 0 unspecified atom stereocenters. The average Bonchev–Trinajstić information content (AvgIpc) is 1.50. The van der Waals surface area contributed by atoms with Gasteiger partial charge < -0.3 is 0 Å². The second-order valence-electron chi connectivity index (χ2n) is 0. The van der Waals surface area contributed by atoms with Crippen LogP contribution in [0.5, 0.6) is 0 Å². The molecule has 0 amide bonds. The van der Waals surface area contributed by atoms with Crippen LogP contribution in [0, 0.1) is 0 Å². The minimum atomic E-state index is 0. The Bertz CT molecular complexity index is 6.85. The molecule has 0 fully saturated rings. The van der Waals surface area contributed by atoms with E-state index in [-0.39, 0.29) is 17.1 Å². The maximum absolute atomic E-state index is 2.72. The van der Waals surface area contributed by atoms with Crippen molar-refractivity contribution in [2.24, 2.45) is 0 Å². The van der Waals surface area contributed by atoms with Crippen LogP contribution in [0.4, 0.5) is 0 Å². The van der Waals surface area contributed by atoms with Crippen molar-refractivity contribution in [1.82, 2.24) is 0 Å². The van der Waals surface area contributed by atoms with E-state index in [2.05, 4.69) is 24.2 Å². The molecule has 0 rings (SSSR count). The van der Waals surface area contributed by atoms with Gasteiger partial charge in [0.1, 0.15) is 0 Å². The first-order valence-electron chi connectivity index (χ1n) is 0.408.